The molecule has 0 saturated heterocycles. The van der Waals surface area contributed by atoms with Gasteiger partial charge < -0.3 is 0 Å². The summed E-state index contributed by atoms with van der Waals surface area (Å²) in [5.74, 6) is 0. The van der Waals surface area contributed by atoms with Crippen LogP contribution >= 0.6 is 0 Å². The molecular weight excluding hydrogens is 144 g/mol. The minimum absolute atomic E-state index is 0.208. The Kier molecular flexibility index (Phi) is 4.96. The molecule has 0 spiro atoms. The standard InChI is InChI=1S/C12H22/c1-6-9-11(4)10-12(5,7-2)8-3/h7,10H,2,6,8-9H2,1,3-5H3. The van der Waals surface area contributed by atoms with Crippen LogP contribution in [0, 0.1) is 5.41 Å². The highest BCUT2D eigenvalue weighted by Gasteiger charge is 2.13. The van der Waals surface area contributed by atoms with Crippen molar-refractivity contribution >= 4 is 0 Å². The molecule has 1 atom stereocenters. The summed E-state index contributed by atoms with van der Waals surface area (Å²) in [5, 5.41) is 0. The second kappa shape index (κ2) is 5.18. The van der Waals surface area contributed by atoms with E-state index in [1.54, 1.807) is 0 Å². The van der Waals surface area contributed by atoms with Gasteiger partial charge in [-0.25, -0.2) is 0 Å². The molecule has 0 aliphatic heterocycles. The lowest BCUT2D eigenvalue weighted by Crippen LogP contribution is -2.07. The van der Waals surface area contributed by atoms with E-state index in [0.29, 0.717) is 0 Å². The molecule has 0 fully saturated rings. The zero-order chi connectivity index (χ0) is 9.61. The maximum Gasteiger partial charge on any atom is 0.00299 e. The number of hydrogen-bond acceptors (Lipinski definition) is 0. The molecule has 0 N–H and O–H groups in total. The third-order valence-electron chi connectivity index (χ3n) is 2.45. The van der Waals surface area contributed by atoms with E-state index in [2.05, 4.69) is 40.3 Å². The Balaban J connectivity index is 4.34. The highest BCUT2D eigenvalue weighted by Crippen LogP contribution is 2.26. The molecule has 0 heterocycles. The van der Waals surface area contributed by atoms with Crippen molar-refractivity contribution in [1.29, 1.82) is 0 Å². The molecule has 0 aliphatic carbocycles. The molecule has 0 radical (unpaired) electrons. The Hall–Kier alpha value is -0.520. The van der Waals surface area contributed by atoms with Gasteiger partial charge in [0.15, 0.2) is 0 Å². The van der Waals surface area contributed by atoms with Crippen LogP contribution in [0.1, 0.15) is 47.0 Å². The van der Waals surface area contributed by atoms with Gasteiger partial charge in [-0.3, -0.25) is 0 Å². The maximum atomic E-state index is 3.87. The molecule has 0 saturated carbocycles. The monoisotopic (exact) mass is 166 g/mol. The van der Waals surface area contributed by atoms with E-state index >= 15 is 0 Å². The van der Waals surface area contributed by atoms with Crippen LogP contribution in [0.4, 0.5) is 0 Å². The maximum absolute atomic E-state index is 3.87. The van der Waals surface area contributed by atoms with Crippen molar-refractivity contribution in [1.82, 2.24) is 0 Å². The lowest BCUT2D eigenvalue weighted by atomic mass is 9.85. The predicted octanol–water partition coefficient (Wildman–Crippen LogP) is 4.34. The zero-order valence-electron chi connectivity index (χ0n) is 8.98. The van der Waals surface area contributed by atoms with Crippen LogP contribution in [0.5, 0.6) is 0 Å². The Morgan fingerprint density at radius 3 is 2.33 bits per heavy atom. The summed E-state index contributed by atoms with van der Waals surface area (Å²) in [5.41, 5.74) is 1.70. The largest absolute Gasteiger partial charge is 0.102 e. The second-order valence-electron chi connectivity index (χ2n) is 3.80. The Morgan fingerprint density at radius 2 is 2.00 bits per heavy atom. The van der Waals surface area contributed by atoms with E-state index in [0.717, 1.165) is 6.42 Å². The van der Waals surface area contributed by atoms with Gasteiger partial charge in [0, 0.05) is 5.41 Å². The normalized spacial score (nSPS) is 17.2. The summed E-state index contributed by atoms with van der Waals surface area (Å²) >= 11 is 0. The fourth-order valence-corrected chi connectivity index (χ4v) is 1.33. The first-order chi connectivity index (χ1) is 5.58. The van der Waals surface area contributed by atoms with Crippen LogP contribution < -0.4 is 0 Å². The van der Waals surface area contributed by atoms with E-state index in [-0.39, 0.29) is 5.41 Å². The van der Waals surface area contributed by atoms with Gasteiger partial charge in [-0.05, 0) is 19.8 Å². The quantitative estimate of drug-likeness (QED) is 0.533. The highest BCUT2D eigenvalue weighted by molar-refractivity contribution is 5.12. The number of hydrogen-bond donors (Lipinski definition) is 0. The van der Waals surface area contributed by atoms with Gasteiger partial charge in [-0.2, -0.15) is 0 Å². The first kappa shape index (κ1) is 11.5. The minimum atomic E-state index is 0.208. The van der Waals surface area contributed by atoms with Gasteiger partial charge in [0.1, 0.15) is 0 Å². The zero-order valence-corrected chi connectivity index (χ0v) is 8.98. The summed E-state index contributed by atoms with van der Waals surface area (Å²) < 4.78 is 0. The molecule has 0 rings (SSSR count). The van der Waals surface area contributed by atoms with Crippen LogP contribution in [0.15, 0.2) is 24.3 Å². The SMILES string of the molecule is C=CC(C)(C=C(C)CCC)CC. The predicted molar refractivity (Wildman–Crippen MR) is 57.3 cm³/mol. The van der Waals surface area contributed by atoms with Crippen molar-refractivity contribution in [3.05, 3.63) is 24.3 Å². The summed E-state index contributed by atoms with van der Waals surface area (Å²) in [6, 6.07) is 0. The fraction of sp³-hybridized carbons (Fsp3) is 0.667. The van der Waals surface area contributed by atoms with Crippen LogP contribution in [-0.4, -0.2) is 0 Å². The van der Waals surface area contributed by atoms with Crippen molar-refractivity contribution in [2.24, 2.45) is 5.41 Å². The van der Waals surface area contributed by atoms with Crippen LogP contribution in [0.3, 0.4) is 0 Å². The Morgan fingerprint density at radius 1 is 1.42 bits per heavy atom. The van der Waals surface area contributed by atoms with Gasteiger partial charge in [-0.1, -0.05) is 44.9 Å². The van der Waals surface area contributed by atoms with Gasteiger partial charge in [0.05, 0.1) is 0 Å². The second-order valence-corrected chi connectivity index (χ2v) is 3.80. The molecular formula is C12H22. The molecule has 1 unspecified atom stereocenters. The Bertz CT molecular complexity index is 165. The molecule has 0 aromatic carbocycles. The molecule has 0 heteroatoms. The smallest absolute Gasteiger partial charge is 0.00299 e. The number of allylic oxidation sites excluding steroid dienone is 3. The molecule has 0 aliphatic rings. The van der Waals surface area contributed by atoms with E-state index in [9.17, 15) is 0 Å². The van der Waals surface area contributed by atoms with E-state index < -0.39 is 0 Å². The molecule has 0 nitrogen and oxygen atoms in total. The Labute approximate surface area is 77.4 Å². The summed E-state index contributed by atoms with van der Waals surface area (Å²) in [6.45, 7) is 12.7. The topological polar surface area (TPSA) is 0 Å². The van der Waals surface area contributed by atoms with Crippen LogP contribution in [0.2, 0.25) is 0 Å². The highest BCUT2D eigenvalue weighted by atomic mass is 14.2. The van der Waals surface area contributed by atoms with Gasteiger partial charge >= 0.3 is 0 Å². The van der Waals surface area contributed by atoms with Crippen molar-refractivity contribution in [3.8, 4) is 0 Å². The summed E-state index contributed by atoms with van der Waals surface area (Å²) in [6.07, 6.45) is 7.98. The molecule has 0 bridgehead atoms. The summed E-state index contributed by atoms with van der Waals surface area (Å²) in [7, 11) is 0. The van der Waals surface area contributed by atoms with Crippen molar-refractivity contribution in [3.63, 3.8) is 0 Å². The minimum Gasteiger partial charge on any atom is -0.102 e. The van der Waals surface area contributed by atoms with E-state index in [1.165, 1.54) is 18.4 Å². The van der Waals surface area contributed by atoms with E-state index in [1.807, 2.05) is 6.08 Å². The first-order valence-electron chi connectivity index (χ1n) is 4.90. The number of rotatable bonds is 5. The third-order valence-corrected chi connectivity index (χ3v) is 2.45. The third kappa shape index (κ3) is 3.75. The van der Waals surface area contributed by atoms with Gasteiger partial charge in [-0.15, -0.1) is 6.58 Å². The molecule has 12 heavy (non-hydrogen) atoms. The van der Waals surface area contributed by atoms with Crippen molar-refractivity contribution < 1.29 is 0 Å². The lowest BCUT2D eigenvalue weighted by Gasteiger charge is -2.20. The molecule has 0 aromatic rings. The average molecular weight is 166 g/mol. The molecule has 0 amide bonds. The molecule has 70 valence electrons. The first-order valence-corrected chi connectivity index (χ1v) is 4.90. The summed E-state index contributed by atoms with van der Waals surface area (Å²) in [4.78, 5) is 0. The fourth-order valence-electron chi connectivity index (χ4n) is 1.33. The van der Waals surface area contributed by atoms with Crippen molar-refractivity contribution in [2.45, 2.75) is 47.0 Å². The van der Waals surface area contributed by atoms with Gasteiger partial charge in [0.25, 0.3) is 0 Å². The average Bonchev–Trinajstić information content (AvgIpc) is 2.05. The lowest BCUT2D eigenvalue weighted by molar-refractivity contribution is 0.525. The van der Waals surface area contributed by atoms with Crippen molar-refractivity contribution in [2.75, 3.05) is 0 Å². The molecule has 0 aromatic heterocycles. The van der Waals surface area contributed by atoms with Crippen LogP contribution in [-0.2, 0) is 0 Å². The van der Waals surface area contributed by atoms with Gasteiger partial charge in [0.2, 0.25) is 0 Å². The van der Waals surface area contributed by atoms with E-state index in [4.69, 9.17) is 0 Å². The van der Waals surface area contributed by atoms with Crippen LogP contribution in [0.25, 0.3) is 0 Å².